The van der Waals surface area contributed by atoms with E-state index in [4.69, 9.17) is 5.11 Å². The average molecular weight is 198 g/mol. The minimum absolute atomic E-state index is 0.0293. The molecule has 0 aliphatic carbocycles. The molecule has 1 heterocycles. The van der Waals surface area contributed by atoms with Gasteiger partial charge >= 0.3 is 5.97 Å². The van der Waals surface area contributed by atoms with Crippen LogP contribution >= 0.6 is 11.3 Å². The largest absolute Gasteiger partial charge is 0.465 e. The number of aliphatic hydroxyl groups excluding tert-OH is 1. The van der Waals surface area contributed by atoms with Gasteiger partial charge in [-0.25, -0.2) is 4.79 Å². The zero-order valence-electron chi connectivity index (χ0n) is 7.19. The average Bonchev–Trinajstić information content (AvgIpc) is 2.61. The Morgan fingerprint density at radius 2 is 2.54 bits per heavy atom. The first-order valence-corrected chi connectivity index (χ1v) is 4.60. The Morgan fingerprint density at radius 3 is 3.15 bits per heavy atom. The fourth-order valence-corrected chi connectivity index (χ4v) is 1.69. The lowest BCUT2D eigenvalue weighted by atomic mass is 10.2. The summed E-state index contributed by atoms with van der Waals surface area (Å²) >= 11 is 1.43. The molecule has 0 aliphatic heterocycles. The number of ether oxygens (including phenoxy) is 1. The number of methoxy groups -OCH3 is 1. The molecule has 0 aliphatic rings. The molecule has 0 fully saturated rings. The first-order valence-electron chi connectivity index (χ1n) is 3.72. The smallest absolute Gasteiger partial charge is 0.339 e. The number of aliphatic hydroxyl groups is 1. The van der Waals surface area contributed by atoms with E-state index in [9.17, 15) is 4.79 Å². The number of thiophene rings is 1. The highest BCUT2D eigenvalue weighted by molar-refractivity contribution is 7.11. The minimum atomic E-state index is -0.348. The fraction of sp³-hybridized carbons (Fsp3) is 0.222. The molecule has 0 atom stereocenters. The van der Waals surface area contributed by atoms with Crippen LogP contribution in [0.25, 0.3) is 6.08 Å². The van der Waals surface area contributed by atoms with Gasteiger partial charge in [0.15, 0.2) is 0 Å². The van der Waals surface area contributed by atoms with Gasteiger partial charge in [0.25, 0.3) is 0 Å². The van der Waals surface area contributed by atoms with Crippen molar-refractivity contribution in [2.24, 2.45) is 0 Å². The van der Waals surface area contributed by atoms with E-state index in [1.807, 2.05) is 5.38 Å². The summed E-state index contributed by atoms with van der Waals surface area (Å²) < 4.78 is 4.59. The third kappa shape index (κ3) is 2.40. The van der Waals surface area contributed by atoms with Crippen molar-refractivity contribution in [3.8, 4) is 0 Å². The summed E-state index contributed by atoms with van der Waals surface area (Å²) in [4.78, 5) is 12.0. The molecule has 0 saturated carbocycles. The molecular formula is C9H10O3S. The van der Waals surface area contributed by atoms with Gasteiger partial charge in [0.05, 0.1) is 19.3 Å². The van der Waals surface area contributed by atoms with E-state index in [1.165, 1.54) is 18.4 Å². The summed E-state index contributed by atoms with van der Waals surface area (Å²) in [6.45, 7) is -0.0293. The van der Waals surface area contributed by atoms with Crippen molar-refractivity contribution in [3.63, 3.8) is 0 Å². The van der Waals surface area contributed by atoms with E-state index in [2.05, 4.69) is 4.74 Å². The van der Waals surface area contributed by atoms with E-state index < -0.39 is 0 Å². The van der Waals surface area contributed by atoms with Crippen LogP contribution in [0.2, 0.25) is 0 Å². The Hall–Kier alpha value is -1.13. The van der Waals surface area contributed by atoms with Crippen LogP contribution in [-0.2, 0) is 4.74 Å². The lowest BCUT2D eigenvalue weighted by molar-refractivity contribution is 0.0601. The molecule has 0 spiro atoms. The van der Waals surface area contributed by atoms with E-state index in [-0.39, 0.29) is 12.6 Å². The van der Waals surface area contributed by atoms with Gasteiger partial charge in [0, 0.05) is 4.88 Å². The quantitative estimate of drug-likeness (QED) is 0.749. The summed E-state index contributed by atoms with van der Waals surface area (Å²) in [7, 11) is 1.35. The molecule has 0 unspecified atom stereocenters. The molecule has 0 radical (unpaired) electrons. The summed E-state index contributed by atoms with van der Waals surface area (Å²) in [5.74, 6) is -0.348. The predicted octanol–water partition coefficient (Wildman–Crippen LogP) is 1.54. The predicted molar refractivity (Wildman–Crippen MR) is 51.8 cm³/mol. The zero-order valence-corrected chi connectivity index (χ0v) is 8.00. The Labute approximate surface area is 80.3 Å². The number of carbonyl (C=O) groups excluding carboxylic acids is 1. The van der Waals surface area contributed by atoms with Gasteiger partial charge in [0.1, 0.15) is 0 Å². The summed E-state index contributed by atoms with van der Waals surface area (Å²) in [5.41, 5.74) is 0.539. The monoisotopic (exact) mass is 198 g/mol. The van der Waals surface area contributed by atoms with Gasteiger partial charge in [-0.1, -0.05) is 6.08 Å². The molecule has 0 aromatic carbocycles. The Bertz CT molecular complexity index is 314. The maximum absolute atomic E-state index is 11.1. The molecule has 3 nitrogen and oxygen atoms in total. The summed E-state index contributed by atoms with van der Waals surface area (Å²) in [5, 5.41) is 10.4. The van der Waals surface area contributed by atoms with Gasteiger partial charge in [-0.2, -0.15) is 0 Å². The number of hydrogen-bond acceptors (Lipinski definition) is 4. The summed E-state index contributed by atoms with van der Waals surface area (Å²) in [6.07, 6.45) is 3.29. The van der Waals surface area contributed by atoms with Crippen molar-refractivity contribution in [3.05, 3.63) is 28.0 Å². The lowest BCUT2D eigenvalue weighted by Gasteiger charge is -1.96. The van der Waals surface area contributed by atoms with Crippen molar-refractivity contribution in [1.29, 1.82) is 0 Å². The Morgan fingerprint density at radius 1 is 1.77 bits per heavy atom. The molecule has 70 valence electrons. The molecule has 4 heteroatoms. The second-order valence-corrected chi connectivity index (χ2v) is 3.22. The lowest BCUT2D eigenvalue weighted by Crippen LogP contribution is -2.00. The van der Waals surface area contributed by atoms with E-state index >= 15 is 0 Å². The molecule has 0 bridgehead atoms. The van der Waals surface area contributed by atoms with Gasteiger partial charge in [0.2, 0.25) is 0 Å². The van der Waals surface area contributed by atoms with Crippen LogP contribution in [0.1, 0.15) is 15.2 Å². The third-order valence-corrected chi connectivity index (χ3v) is 2.36. The molecule has 13 heavy (non-hydrogen) atoms. The molecule has 0 amide bonds. The van der Waals surface area contributed by atoms with Crippen LogP contribution in [0.4, 0.5) is 0 Å². The minimum Gasteiger partial charge on any atom is -0.465 e. The van der Waals surface area contributed by atoms with Crippen LogP contribution < -0.4 is 0 Å². The fourth-order valence-electron chi connectivity index (χ4n) is 0.888. The molecule has 1 aromatic rings. The standard InChI is InChI=1S/C9H10O3S/c1-12-9(11)7-4-6-13-8(7)3-2-5-10/h2-4,6,10H,5H2,1H3/b3-2+. The molecule has 1 N–H and O–H groups in total. The molecule has 0 saturated heterocycles. The highest BCUT2D eigenvalue weighted by Crippen LogP contribution is 2.19. The van der Waals surface area contributed by atoms with Crippen LogP contribution in [0, 0.1) is 0 Å². The topological polar surface area (TPSA) is 46.5 Å². The second-order valence-electron chi connectivity index (χ2n) is 2.28. The maximum Gasteiger partial charge on any atom is 0.339 e. The van der Waals surface area contributed by atoms with Gasteiger partial charge < -0.3 is 9.84 Å². The number of esters is 1. The van der Waals surface area contributed by atoms with Crippen molar-refractivity contribution >= 4 is 23.4 Å². The zero-order chi connectivity index (χ0) is 9.68. The number of carbonyl (C=O) groups is 1. The van der Waals surface area contributed by atoms with E-state index in [0.29, 0.717) is 5.56 Å². The van der Waals surface area contributed by atoms with Crippen LogP contribution in [0.5, 0.6) is 0 Å². The highest BCUT2D eigenvalue weighted by atomic mass is 32.1. The van der Waals surface area contributed by atoms with Crippen molar-refractivity contribution in [1.82, 2.24) is 0 Å². The second kappa shape index (κ2) is 4.79. The van der Waals surface area contributed by atoms with Crippen molar-refractivity contribution in [2.75, 3.05) is 13.7 Å². The normalized spacial score (nSPS) is 10.6. The van der Waals surface area contributed by atoms with Gasteiger partial charge in [-0.15, -0.1) is 11.3 Å². The maximum atomic E-state index is 11.1. The van der Waals surface area contributed by atoms with Crippen molar-refractivity contribution in [2.45, 2.75) is 0 Å². The van der Waals surface area contributed by atoms with Gasteiger partial charge in [-0.3, -0.25) is 0 Å². The molecule has 1 rings (SSSR count). The van der Waals surface area contributed by atoms with Gasteiger partial charge in [-0.05, 0) is 17.5 Å². The third-order valence-electron chi connectivity index (χ3n) is 1.48. The van der Waals surface area contributed by atoms with E-state index in [0.717, 1.165) is 4.88 Å². The highest BCUT2D eigenvalue weighted by Gasteiger charge is 2.10. The first-order chi connectivity index (χ1) is 6.29. The first kappa shape index (κ1) is 9.95. The van der Waals surface area contributed by atoms with E-state index in [1.54, 1.807) is 18.2 Å². The van der Waals surface area contributed by atoms with Crippen molar-refractivity contribution < 1.29 is 14.6 Å². The SMILES string of the molecule is COC(=O)c1ccsc1/C=C/CO. The van der Waals surface area contributed by atoms with Crippen LogP contribution in [0.3, 0.4) is 0 Å². The summed E-state index contributed by atoms with van der Waals surface area (Å²) in [6, 6.07) is 1.70. The van der Waals surface area contributed by atoms with Crippen LogP contribution in [0.15, 0.2) is 17.5 Å². The number of rotatable bonds is 3. The van der Waals surface area contributed by atoms with Crippen LogP contribution in [-0.4, -0.2) is 24.8 Å². The molecule has 1 aromatic heterocycles. The number of hydrogen-bond donors (Lipinski definition) is 1. The molecular weight excluding hydrogens is 188 g/mol. The Kier molecular flexibility index (Phi) is 3.67. The Balaban J connectivity index is 2.89.